The maximum absolute atomic E-state index is 13.0. The van der Waals surface area contributed by atoms with Crippen LogP contribution in [0.15, 0.2) is 29.3 Å². The highest BCUT2D eigenvalue weighted by Crippen LogP contribution is 2.32. The fourth-order valence-electron chi connectivity index (χ4n) is 3.20. The first-order valence-electron chi connectivity index (χ1n) is 9.79. The zero-order valence-corrected chi connectivity index (χ0v) is 18.9. The standard InChI is InChI=1S/C20H28F3N3O2.HI/c1-24-19(25-8-3-10-27-14-15-6-7-15)26-9-11-28-18(13-26)16-4-2-5-17(12-16)20(21,22)23;/h2,4-5,12,15,18H,3,6-11,13-14H2,1H3,(H,24,25);1H. The Bertz CT molecular complexity index is 669. The first-order valence-corrected chi connectivity index (χ1v) is 9.79. The number of aliphatic imine (C=N–C) groups is 1. The summed E-state index contributed by atoms with van der Waals surface area (Å²) in [5.41, 5.74) is -0.122. The van der Waals surface area contributed by atoms with Crippen molar-refractivity contribution in [3.63, 3.8) is 0 Å². The molecule has 0 aromatic heterocycles. The monoisotopic (exact) mass is 527 g/mol. The molecule has 9 heteroatoms. The Morgan fingerprint density at radius 3 is 2.83 bits per heavy atom. The Morgan fingerprint density at radius 2 is 2.14 bits per heavy atom. The van der Waals surface area contributed by atoms with Crippen molar-refractivity contribution in [2.24, 2.45) is 10.9 Å². The van der Waals surface area contributed by atoms with Crippen molar-refractivity contribution in [2.75, 3.05) is 46.5 Å². The van der Waals surface area contributed by atoms with E-state index in [0.29, 0.717) is 25.3 Å². The molecule has 1 saturated heterocycles. The predicted molar refractivity (Wildman–Crippen MR) is 117 cm³/mol. The van der Waals surface area contributed by atoms with Crippen LogP contribution in [0.5, 0.6) is 0 Å². The first-order chi connectivity index (χ1) is 13.5. The lowest BCUT2D eigenvalue weighted by atomic mass is 10.0. The predicted octanol–water partition coefficient (Wildman–Crippen LogP) is 4.09. The number of alkyl halides is 3. The first kappa shape index (κ1) is 24.2. The smallest absolute Gasteiger partial charge is 0.381 e. The van der Waals surface area contributed by atoms with Crippen molar-refractivity contribution in [1.29, 1.82) is 0 Å². The van der Waals surface area contributed by atoms with Crippen molar-refractivity contribution in [2.45, 2.75) is 31.5 Å². The van der Waals surface area contributed by atoms with Gasteiger partial charge in [-0.3, -0.25) is 4.99 Å². The number of rotatable bonds is 7. The maximum Gasteiger partial charge on any atom is 0.416 e. The van der Waals surface area contributed by atoms with Gasteiger partial charge in [-0.1, -0.05) is 12.1 Å². The number of halogens is 4. The molecule has 1 saturated carbocycles. The molecular weight excluding hydrogens is 498 g/mol. The summed E-state index contributed by atoms with van der Waals surface area (Å²) < 4.78 is 50.3. The summed E-state index contributed by atoms with van der Waals surface area (Å²) in [5.74, 6) is 1.50. The van der Waals surface area contributed by atoms with E-state index in [0.717, 1.165) is 44.1 Å². The lowest BCUT2D eigenvalue weighted by molar-refractivity contribution is -0.137. The molecule has 1 aliphatic heterocycles. The molecule has 1 atom stereocenters. The molecule has 0 bridgehead atoms. The Labute approximate surface area is 187 Å². The highest BCUT2D eigenvalue weighted by molar-refractivity contribution is 14.0. The summed E-state index contributed by atoms with van der Waals surface area (Å²) in [6, 6.07) is 5.35. The van der Waals surface area contributed by atoms with Gasteiger partial charge in [-0.15, -0.1) is 24.0 Å². The fraction of sp³-hybridized carbons (Fsp3) is 0.650. The topological polar surface area (TPSA) is 46.1 Å². The van der Waals surface area contributed by atoms with Gasteiger partial charge in [-0.2, -0.15) is 13.2 Å². The van der Waals surface area contributed by atoms with Crippen LogP contribution < -0.4 is 5.32 Å². The number of guanidine groups is 1. The quantitative estimate of drug-likeness (QED) is 0.251. The molecule has 2 aliphatic rings. The molecule has 0 amide bonds. The Balaban J connectivity index is 0.00000300. The summed E-state index contributed by atoms with van der Waals surface area (Å²) in [7, 11) is 1.71. The van der Waals surface area contributed by atoms with Gasteiger partial charge in [0.2, 0.25) is 0 Å². The molecular formula is C20H29F3IN3O2. The van der Waals surface area contributed by atoms with E-state index in [2.05, 4.69) is 10.3 Å². The van der Waals surface area contributed by atoms with E-state index in [-0.39, 0.29) is 24.0 Å². The molecule has 0 radical (unpaired) electrons. The van der Waals surface area contributed by atoms with Crippen LogP contribution in [0.4, 0.5) is 13.2 Å². The van der Waals surface area contributed by atoms with Gasteiger partial charge in [0, 0.05) is 33.4 Å². The highest BCUT2D eigenvalue weighted by atomic mass is 127. The van der Waals surface area contributed by atoms with Crippen LogP contribution >= 0.6 is 24.0 Å². The van der Waals surface area contributed by atoms with E-state index in [1.165, 1.54) is 25.0 Å². The molecule has 3 rings (SSSR count). The van der Waals surface area contributed by atoms with Crippen molar-refractivity contribution < 1.29 is 22.6 Å². The van der Waals surface area contributed by atoms with Gasteiger partial charge in [-0.05, 0) is 42.9 Å². The molecule has 164 valence electrons. The average molecular weight is 527 g/mol. The van der Waals surface area contributed by atoms with E-state index < -0.39 is 17.8 Å². The molecule has 2 fully saturated rings. The van der Waals surface area contributed by atoms with Crippen LogP contribution in [-0.4, -0.2) is 57.4 Å². The number of morpholine rings is 1. The average Bonchev–Trinajstić information content (AvgIpc) is 3.51. The van der Waals surface area contributed by atoms with Crippen molar-refractivity contribution >= 4 is 29.9 Å². The third-order valence-electron chi connectivity index (χ3n) is 4.96. The van der Waals surface area contributed by atoms with Crippen LogP contribution in [0.2, 0.25) is 0 Å². The molecule has 1 unspecified atom stereocenters. The number of nitrogens with zero attached hydrogens (tertiary/aromatic N) is 2. The molecule has 5 nitrogen and oxygen atoms in total. The van der Waals surface area contributed by atoms with E-state index >= 15 is 0 Å². The summed E-state index contributed by atoms with van der Waals surface area (Å²) >= 11 is 0. The second-order valence-electron chi connectivity index (χ2n) is 7.27. The highest BCUT2D eigenvalue weighted by Gasteiger charge is 2.32. The Kier molecular flexibility index (Phi) is 9.48. The molecule has 1 N–H and O–H groups in total. The summed E-state index contributed by atoms with van der Waals surface area (Å²) in [4.78, 5) is 6.34. The zero-order valence-electron chi connectivity index (χ0n) is 16.6. The molecule has 29 heavy (non-hydrogen) atoms. The van der Waals surface area contributed by atoms with Crippen molar-refractivity contribution in [1.82, 2.24) is 10.2 Å². The third-order valence-corrected chi connectivity index (χ3v) is 4.96. The minimum Gasteiger partial charge on any atom is -0.381 e. The third kappa shape index (κ3) is 7.60. The summed E-state index contributed by atoms with van der Waals surface area (Å²) in [5, 5.41) is 3.31. The molecule has 1 heterocycles. The van der Waals surface area contributed by atoms with Crippen molar-refractivity contribution in [3.8, 4) is 0 Å². The van der Waals surface area contributed by atoms with E-state index in [9.17, 15) is 13.2 Å². The number of benzene rings is 1. The van der Waals surface area contributed by atoms with E-state index in [1.54, 1.807) is 13.1 Å². The van der Waals surface area contributed by atoms with Gasteiger partial charge >= 0.3 is 6.18 Å². The normalized spacial score (nSPS) is 20.3. The molecule has 1 aliphatic carbocycles. The van der Waals surface area contributed by atoms with Gasteiger partial charge in [-0.25, -0.2) is 0 Å². The van der Waals surface area contributed by atoms with Gasteiger partial charge < -0.3 is 19.7 Å². The van der Waals surface area contributed by atoms with Crippen LogP contribution in [0.25, 0.3) is 0 Å². The van der Waals surface area contributed by atoms with Gasteiger partial charge in [0.25, 0.3) is 0 Å². The molecule has 1 aromatic rings. The van der Waals surface area contributed by atoms with Gasteiger partial charge in [0.05, 0.1) is 18.7 Å². The van der Waals surface area contributed by atoms with E-state index in [4.69, 9.17) is 9.47 Å². The number of ether oxygens (including phenoxy) is 2. The van der Waals surface area contributed by atoms with Gasteiger partial charge in [0.1, 0.15) is 6.10 Å². The minimum absolute atomic E-state index is 0. The number of nitrogens with one attached hydrogen (secondary N) is 1. The fourth-order valence-corrected chi connectivity index (χ4v) is 3.20. The SMILES string of the molecule is CN=C(NCCCOCC1CC1)N1CCOC(c2cccc(C(F)(F)F)c2)C1.I. The lowest BCUT2D eigenvalue weighted by Gasteiger charge is -2.35. The zero-order chi connectivity index (χ0) is 20.0. The summed E-state index contributed by atoms with van der Waals surface area (Å²) in [6.45, 7) is 3.86. The Morgan fingerprint density at radius 1 is 1.34 bits per heavy atom. The summed E-state index contributed by atoms with van der Waals surface area (Å²) in [6.07, 6.45) is -1.32. The number of hydrogen-bond acceptors (Lipinski definition) is 3. The lowest BCUT2D eigenvalue weighted by Crippen LogP contribution is -2.48. The van der Waals surface area contributed by atoms with Crippen LogP contribution in [0.3, 0.4) is 0 Å². The van der Waals surface area contributed by atoms with Gasteiger partial charge in [0.15, 0.2) is 5.96 Å². The van der Waals surface area contributed by atoms with Crippen LogP contribution in [-0.2, 0) is 15.7 Å². The maximum atomic E-state index is 13.0. The van der Waals surface area contributed by atoms with Crippen molar-refractivity contribution in [3.05, 3.63) is 35.4 Å². The molecule has 1 aromatic carbocycles. The second-order valence-corrected chi connectivity index (χ2v) is 7.27. The van der Waals surface area contributed by atoms with E-state index in [1.807, 2.05) is 4.90 Å². The van der Waals surface area contributed by atoms with Crippen LogP contribution in [0, 0.1) is 5.92 Å². The number of hydrogen-bond donors (Lipinski definition) is 1. The molecule has 0 spiro atoms. The Hall–Kier alpha value is -1.07. The minimum atomic E-state index is -4.36. The largest absolute Gasteiger partial charge is 0.416 e. The second kappa shape index (κ2) is 11.4. The van der Waals surface area contributed by atoms with Crippen LogP contribution in [0.1, 0.15) is 36.5 Å².